The SMILES string of the molecule is Cc1cc(OCC(=O)N(Cc2ccc(Cl)cc2)[C@@H](C)C(=O)NC2CCCCC2)ccc1Cl. The minimum absolute atomic E-state index is 0.137. The van der Waals surface area contributed by atoms with Gasteiger partial charge in [0.25, 0.3) is 5.91 Å². The van der Waals surface area contributed by atoms with E-state index in [1.54, 1.807) is 42.2 Å². The van der Waals surface area contributed by atoms with Gasteiger partial charge < -0.3 is 15.0 Å². The summed E-state index contributed by atoms with van der Waals surface area (Å²) in [5.74, 6) is 0.159. The highest BCUT2D eigenvalue weighted by Gasteiger charge is 2.28. The lowest BCUT2D eigenvalue weighted by Crippen LogP contribution is -2.51. The smallest absolute Gasteiger partial charge is 0.261 e. The molecule has 0 radical (unpaired) electrons. The minimum atomic E-state index is -0.629. The summed E-state index contributed by atoms with van der Waals surface area (Å²) in [6.07, 6.45) is 5.44. The summed E-state index contributed by atoms with van der Waals surface area (Å²) in [5, 5.41) is 4.39. The molecule has 1 saturated carbocycles. The van der Waals surface area contributed by atoms with Gasteiger partial charge in [-0.2, -0.15) is 0 Å². The summed E-state index contributed by atoms with van der Waals surface area (Å²) < 4.78 is 5.72. The zero-order valence-corrected chi connectivity index (χ0v) is 20.1. The van der Waals surface area contributed by atoms with Crippen LogP contribution in [0.15, 0.2) is 42.5 Å². The Hall–Kier alpha value is -2.24. The lowest BCUT2D eigenvalue weighted by molar-refractivity contribution is -0.142. The summed E-state index contributed by atoms with van der Waals surface area (Å²) in [6, 6.07) is 12.1. The number of benzene rings is 2. The highest BCUT2D eigenvalue weighted by Crippen LogP contribution is 2.22. The molecule has 2 aromatic carbocycles. The van der Waals surface area contributed by atoms with Crippen molar-refractivity contribution in [1.82, 2.24) is 10.2 Å². The van der Waals surface area contributed by atoms with E-state index in [0.717, 1.165) is 36.8 Å². The van der Waals surface area contributed by atoms with Gasteiger partial charge in [-0.15, -0.1) is 0 Å². The Kier molecular flexibility index (Phi) is 8.83. The largest absolute Gasteiger partial charge is 0.484 e. The Bertz CT molecular complexity index is 927. The number of rotatable bonds is 8. The molecule has 1 aliphatic rings. The lowest BCUT2D eigenvalue weighted by atomic mass is 9.95. The van der Waals surface area contributed by atoms with E-state index in [0.29, 0.717) is 15.8 Å². The maximum absolute atomic E-state index is 13.1. The molecule has 7 heteroatoms. The van der Waals surface area contributed by atoms with Crippen LogP contribution in [0, 0.1) is 6.92 Å². The molecule has 1 fully saturated rings. The van der Waals surface area contributed by atoms with E-state index in [2.05, 4.69) is 5.32 Å². The van der Waals surface area contributed by atoms with Gasteiger partial charge in [-0.1, -0.05) is 54.6 Å². The van der Waals surface area contributed by atoms with Gasteiger partial charge in [0.05, 0.1) is 0 Å². The number of nitrogens with zero attached hydrogens (tertiary/aromatic N) is 1. The molecule has 1 aliphatic carbocycles. The van der Waals surface area contributed by atoms with E-state index in [-0.39, 0.29) is 31.0 Å². The third kappa shape index (κ3) is 6.88. The molecule has 5 nitrogen and oxygen atoms in total. The van der Waals surface area contributed by atoms with E-state index in [1.165, 1.54) is 6.42 Å². The first-order chi connectivity index (χ1) is 15.3. The second kappa shape index (κ2) is 11.6. The number of carbonyl (C=O) groups excluding carboxylic acids is 2. The van der Waals surface area contributed by atoms with Crippen LogP contribution in [0.2, 0.25) is 10.0 Å². The van der Waals surface area contributed by atoms with Crippen LogP contribution in [-0.2, 0) is 16.1 Å². The van der Waals surface area contributed by atoms with Crippen molar-refractivity contribution in [2.75, 3.05) is 6.61 Å². The maximum atomic E-state index is 13.1. The third-order valence-electron chi connectivity index (χ3n) is 5.88. The van der Waals surface area contributed by atoms with Crippen molar-refractivity contribution in [3.8, 4) is 5.75 Å². The molecule has 0 bridgehead atoms. The highest BCUT2D eigenvalue weighted by molar-refractivity contribution is 6.31. The minimum Gasteiger partial charge on any atom is -0.484 e. The van der Waals surface area contributed by atoms with Crippen LogP contribution in [-0.4, -0.2) is 35.4 Å². The number of hydrogen-bond acceptors (Lipinski definition) is 3. The van der Waals surface area contributed by atoms with Crippen molar-refractivity contribution in [1.29, 1.82) is 0 Å². The normalized spacial score (nSPS) is 15.1. The predicted molar refractivity (Wildman–Crippen MR) is 128 cm³/mol. The second-order valence-corrected chi connectivity index (χ2v) is 9.21. The molecule has 32 heavy (non-hydrogen) atoms. The summed E-state index contributed by atoms with van der Waals surface area (Å²) in [4.78, 5) is 27.7. The van der Waals surface area contributed by atoms with E-state index >= 15 is 0 Å². The first-order valence-corrected chi connectivity index (χ1v) is 11.8. The first-order valence-electron chi connectivity index (χ1n) is 11.1. The van der Waals surface area contributed by atoms with Gasteiger partial charge in [0.15, 0.2) is 6.61 Å². The quantitative estimate of drug-likeness (QED) is 0.543. The van der Waals surface area contributed by atoms with E-state index in [9.17, 15) is 9.59 Å². The fourth-order valence-corrected chi connectivity index (χ4v) is 4.12. The van der Waals surface area contributed by atoms with Crippen molar-refractivity contribution >= 4 is 35.0 Å². The number of halogens is 2. The predicted octanol–water partition coefficient (Wildman–Crippen LogP) is 5.55. The van der Waals surface area contributed by atoms with Crippen LogP contribution in [0.3, 0.4) is 0 Å². The Morgan fingerprint density at radius 2 is 1.78 bits per heavy atom. The van der Waals surface area contributed by atoms with Gasteiger partial charge in [0.1, 0.15) is 11.8 Å². The van der Waals surface area contributed by atoms with Crippen molar-refractivity contribution in [3.63, 3.8) is 0 Å². The van der Waals surface area contributed by atoms with Gasteiger partial charge in [0, 0.05) is 22.6 Å². The molecular formula is C25H30Cl2N2O3. The number of amides is 2. The van der Waals surface area contributed by atoms with Crippen LogP contribution < -0.4 is 10.1 Å². The maximum Gasteiger partial charge on any atom is 0.261 e. The van der Waals surface area contributed by atoms with Crippen LogP contribution in [0.4, 0.5) is 0 Å². The Balaban J connectivity index is 1.70. The molecule has 0 spiro atoms. The number of aryl methyl sites for hydroxylation is 1. The standard InChI is InChI=1S/C25H30Cl2N2O3/c1-17-14-22(12-13-23(17)27)32-16-24(30)29(15-19-8-10-20(26)11-9-19)18(2)25(31)28-21-6-4-3-5-7-21/h8-14,18,21H,3-7,15-16H2,1-2H3,(H,28,31)/t18-/m0/s1. The van der Waals surface area contributed by atoms with E-state index < -0.39 is 6.04 Å². The van der Waals surface area contributed by atoms with Gasteiger partial charge in [-0.3, -0.25) is 9.59 Å². The van der Waals surface area contributed by atoms with Crippen LogP contribution in [0.1, 0.15) is 50.2 Å². The molecule has 0 saturated heterocycles. The average molecular weight is 477 g/mol. The summed E-state index contributed by atoms with van der Waals surface area (Å²) in [5.41, 5.74) is 1.76. The molecule has 1 N–H and O–H groups in total. The fraction of sp³-hybridized carbons (Fsp3) is 0.440. The van der Waals surface area contributed by atoms with Gasteiger partial charge >= 0.3 is 0 Å². The molecule has 0 unspecified atom stereocenters. The van der Waals surface area contributed by atoms with Crippen molar-refractivity contribution in [2.45, 2.75) is 64.6 Å². The van der Waals surface area contributed by atoms with Crippen molar-refractivity contribution < 1.29 is 14.3 Å². The zero-order valence-electron chi connectivity index (χ0n) is 18.6. The monoisotopic (exact) mass is 476 g/mol. The topological polar surface area (TPSA) is 58.6 Å². The Morgan fingerprint density at radius 3 is 2.44 bits per heavy atom. The lowest BCUT2D eigenvalue weighted by Gasteiger charge is -2.31. The number of hydrogen-bond donors (Lipinski definition) is 1. The third-order valence-corrected chi connectivity index (χ3v) is 6.55. The average Bonchev–Trinajstić information content (AvgIpc) is 2.79. The molecule has 0 heterocycles. The highest BCUT2D eigenvalue weighted by atomic mass is 35.5. The molecule has 1 atom stereocenters. The van der Waals surface area contributed by atoms with Crippen LogP contribution in [0.5, 0.6) is 5.75 Å². The molecular weight excluding hydrogens is 447 g/mol. The molecule has 172 valence electrons. The van der Waals surface area contributed by atoms with Gasteiger partial charge in [-0.05, 0) is 68.1 Å². The van der Waals surface area contributed by atoms with Gasteiger partial charge in [0.2, 0.25) is 5.91 Å². The number of ether oxygens (including phenoxy) is 1. The van der Waals surface area contributed by atoms with Crippen molar-refractivity contribution in [3.05, 3.63) is 63.6 Å². The molecule has 3 rings (SSSR count). The Labute approximate surface area is 200 Å². The van der Waals surface area contributed by atoms with Crippen LogP contribution >= 0.6 is 23.2 Å². The van der Waals surface area contributed by atoms with Crippen LogP contribution in [0.25, 0.3) is 0 Å². The summed E-state index contributed by atoms with van der Waals surface area (Å²) in [6.45, 7) is 3.76. The van der Waals surface area contributed by atoms with Crippen molar-refractivity contribution in [2.24, 2.45) is 0 Å². The summed E-state index contributed by atoms with van der Waals surface area (Å²) >= 11 is 12.1. The Morgan fingerprint density at radius 1 is 1.09 bits per heavy atom. The number of nitrogens with one attached hydrogen (secondary N) is 1. The summed E-state index contributed by atoms with van der Waals surface area (Å²) in [7, 11) is 0. The van der Waals surface area contributed by atoms with E-state index in [1.807, 2.05) is 19.1 Å². The molecule has 0 aromatic heterocycles. The zero-order chi connectivity index (χ0) is 23.1. The molecule has 2 amide bonds. The molecule has 0 aliphatic heterocycles. The first kappa shape index (κ1) is 24.4. The van der Waals surface area contributed by atoms with E-state index in [4.69, 9.17) is 27.9 Å². The number of carbonyl (C=O) groups is 2. The fourth-order valence-electron chi connectivity index (χ4n) is 3.87. The van der Waals surface area contributed by atoms with Gasteiger partial charge in [-0.25, -0.2) is 0 Å². The second-order valence-electron chi connectivity index (χ2n) is 8.37. The molecule has 2 aromatic rings.